The van der Waals surface area contributed by atoms with Crippen LogP contribution in [0.4, 0.5) is 0 Å². The quantitative estimate of drug-likeness (QED) is 0.855. The van der Waals surface area contributed by atoms with Crippen molar-refractivity contribution in [2.75, 3.05) is 7.11 Å². The van der Waals surface area contributed by atoms with Gasteiger partial charge in [-0.05, 0) is 17.7 Å². The largest absolute Gasteiger partial charge is 0.496 e. The van der Waals surface area contributed by atoms with Crippen LogP contribution in [0, 0.1) is 0 Å². The summed E-state index contributed by atoms with van der Waals surface area (Å²) in [6.07, 6.45) is 0. The van der Waals surface area contributed by atoms with Crippen molar-refractivity contribution in [1.82, 2.24) is 0 Å². The molecule has 4 heteroatoms. The molecule has 1 rings (SSSR count). The molecule has 0 amide bonds. The normalized spacial score (nSPS) is 12.8. The van der Waals surface area contributed by atoms with Crippen LogP contribution in [-0.4, -0.2) is 16.6 Å². The Morgan fingerprint density at radius 3 is 2.62 bits per heavy atom. The number of ether oxygens (including phenoxy) is 1. The third kappa shape index (κ3) is 3.32. The summed E-state index contributed by atoms with van der Waals surface area (Å²) in [6, 6.07) is 5.80. The van der Waals surface area contributed by atoms with E-state index in [4.69, 9.17) is 10.5 Å². The summed E-state index contributed by atoms with van der Waals surface area (Å²) in [7, 11) is 0.802. The van der Waals surface area contributed by atoms with Crippen molar-refractivity contribution < 1.29 is 8.95 Å². The van der Waals surface area contributed by atoms with Gasteiger partial charge in [-0.2, -0.15) is 0 Å². The molecule has 0 saturated heterocycles. The first-order valence-corrected chi connectivity index (χ1v) is 6.69. The molecule has 0 bridgehead atoms. The summed E-state index contributed by atoms with van der Waals surface area (Å²) in [5.74, 6) is 1.37. The van der Waals surface area contributed by atoms with Gasteiger partial charge in [0, 0.05) is 33.9 Å². The first kappa shape index (κ1) is 13.2. The molecule has 2 N–H and O–H groups in total. The van der Waals surface area contributed by atoms with Crippen LogP contribution in [-0.2, 0) is 23.1 Å². The van der Waals surface area contributed by atoms with E-state index in [-0.39, 0.29) is 5.25 Å². The molecule has 0 fully saturated rings. The fourth-order valence-corrected chi connectivity index (χ4v) is 2.25. The molecule has 1 atom stereocenters. The number of rotatable bonds is 5. The van der Waals surface area contributed by atoms with Gasteiger partial charge in [-0.25, -0.2) is 0 Å². The van der Waals surface area contributed by atoms with Gasteiger partial charge >= 0.3 is 0 Å². The molecule has 3 nitrogen and oxygen atoms in total. The highest BCUT2D eigenvalue weighted by Crippen LogP contribution is 2.20. The molecule has 16 heavy (non-hydrogen) atoms. The first-order valence-electron chi connectivity index (χ1n) is 5.31. The lowest BCUT2D eigenvalue weighted by atomic mass is 10.1. The summed E-state index contributed by atoms with van der Waals surface area (Å²) in [5, 5.41) is 0.184. The monoisotopic (exact) mass is 241 g/mol. The van der Waals surface area contributed by atoms with E-state index >= 15 is 0 Å². The minimum Gasteiger partial charge on any atom is -0.496 e. The Kier molecular flexibility index (Phi) is 4.96. The second-order valence-electron chi connectivity index (χ2n) is 3.92. The maximum Gasteiger partial charge on any atom is 0.123 e. The van der Waals surface area contributed by atoms with E-state index in [0.717, 1.165) is 16.9 Å². The zero-order chi connectivity index (χ0) is 12.1. The second-order valence-corrected chi connectivity index (χ2v) is 5.92. The van der Waals surface area contributed by atoms with E-state index in [2.05, 4.69) is 0 Å². The van der Waals surface area contributed by atoms with Crippen LogP contribution in [0.5, 0.6) is 5.75 Å². The molecule has 1 unspecified atom stereocenters. The van der Waals surface area contributed by atoms with Crippen LogP contribution in [0.15, 0.2) is 18.2 Å². The molecular weight excluding hydrogens is 222 g/mol. The number of benzene rings is 1. The molecule has 0 aromatic heterocycles. The van der Waals surface area contributed by atoms with Crippen LogP contribution in [0.1, 0.15) is 25.0 Å². The molecule has 0 radical (unpaired) electrons. The number of nitrogens with two attached hydrogens (primary N) is 1. The number of methoxy groups -OCH3 is 1. The van der Waals surface area contributed by atoms with E-state index in [1.54, 1.807) is 7.11 Å². The van der Waals surface area contributed by atoms with Crippen molar-refractivity contribution in [1.29, 1.82) is 0 Å². The van der Waals surface area contributed by atoms with Crippen molar-refractivity contribution in [3.05, 3.63) is 29.3 Å². The van der Waals surface area contributed by atoms with Gasteiger partial charge in [-0.3, -0.25) is 4.21 Å². The Hall–Kier alpha value is -0.870. The standard InChI is InChI=1S/C12H19NO2S/c1-9(2)16(14)8-10-4-5-12(15-3)11(6-10)7-13/h4-6,9H,7-8,13H2,1-3H3. The van der Waals surface area contributed by atoms with Crippen molar-refractivity contribution >= 4 is 10.8 Å². The van der Waals surface area contributed by atoms with Gasteiger partial charge in [-0.15, -0.1) is 0 Å². The fourth-order valence-electron chi connectivity index (χ4n) is 1.41. The Balaban J connectivity index is 2.87. The molecule has 90 valence electrons. The third-order valence-corrected chi connectivity index (χ3v) is 4.07. The Morgan fingerprint density at radius 2 is 2.12 bits per heavy atom. The van der Waals surface area contributed by atoms with Gasteiger partial charge in [0.25, 0.3) is 0 Å². The van der Waals surface area contributed by atoms with Gasteiger partial charge in [0.15, 0.2) is 0 Å². The summed E-state index contributed by atoms with van der Waals surface area (Å²) in [6.45, 7) is 4.36. The molecule has 0 aliphatic heterocycles. The molecular formula is C12H19NO2S. The van der Waals surface area contributed by atoms with Crippen LogP contribution in [0.3, 0.4) is 0 Å². The molecule has 0 spiro atoms. The van der Waals surface area contributed by atoms with Gasteiger partial charge in [0.05, 0.1) is 7.11 Å². The van der Waals surface area contributed by atoms with Crippen LogP contribution in [0.25, 0.3) is 0 Å². The fraction of sp³-hybridized carbons (Fsp3) is 0.500. The Labute approximate surface area is 99.4 Å². The van der Waals surface area contributed by atoms with Crippen LogP contribution >= 0.6 is 0 Å². The van der Waals surface area contributed by atoms with E-state index in [1.165, 1.54) is 0 Å². The van der Waals surface area contributed by atoms with Crippen molar-refractivity contribution in [3.8, 4) is 5.75 Å². The maximum atomic E-state index is 11.7. The lowest BCUT2D eigenvalue weighted by molar-refractivity contribution is 0.409. The van der Waals surface area contributed by atoms with Crippen LogP contribution in [0.2, 0.25) is 0 Å². The highest BCUT2D eigenvalue weighted by Gasteiger charge is 2.08. The zero-order valence-electron chi connectivity index (χ0n) is 10.0. The minimum atomic E-state index is -0.823. The molecule has 0 aliphatic carbocycles. The summed E-state index contributed by atoms with van der Waals surface area (Å²) < 4.78 is 16.9. The summed E-state index contributed by atoms with van der Waals surface area (Å²) in [4.78, 5) is 0. The predicted molar refractivity (Wildman–Crippen MR) is 67.9 cm³/mol. The van der Waals surface area contributed by atoms with Gasteiger partial charge in [0.1, 0.15) is 5.75 Å². The first-order chi connectivity index (χ1) is 7.58. The van der Waals surface area contributed by atoms with E-state index < -0.39 is 10.8 Å². The van der Waals surface area contributed by atoms with Gasteiger partial charge < -0.3 is 10.5 Å². The van der Waals surface area contributed by atoms with Crippen molar-refractivity contribution in [2.45, 2.75) is 31.4 Å². The van der Waals surface area contributed by atoms with E-state index in [1.807, 2.05) is 32.0 Å². The van der Waals surface area contributed by atoms with Gasteiger partial charge in [-0.1, -0.05) is 19.9 Å². The lowest BCUT2D eigenvalue weighted by Gasteiger charge is -2.10. The highest BCUT2D eigenvalue weighted by atomic mass is 32.2. The molecule has 0 saturated carbocycles. The number of hydrogen-bond donors (Lipinski definition) is 1. The maximum absolute atomic E-state index is 11.7. The second kappa shape index (κ2) is 6.01. The summed E-state index contributed by atoms with van der Waals surface area (Å²) in [5.41, 5.74) is 7.64. The van der Waals surface area contributed by atoms with Gasteiger partial charge in [0.2, 0.25) is 0 Å². The number of hydrogen-bond acceptors (Lipinski definition) is 3. The lowest BCUT2D eigenvalue weighted by Crippen LogP contribution is -2.09. The Morgan fingerprint density at radius 1 is 1.44 bits per heavy atom. The van der Waals surface area contributed by atoms with Crippen LogP contribution < -0.4 is 10.5 Å². The zero-order valence-corrected chi connectivity index (χ0v) is 10.8. The highest BCUT2D eigenvalue weighted by molar-refractivity contribution is 7.84. The third-order valence-electron chi connectivity index (χ3n) is 2.40. The average molecular weight is 241 g/mol. The van der Waals surface area contributed by atoms with Crippen molar-refractivity contribution in [3.63, 3.8) is 0 Å². The predicted octanol–water partition coefficient (Wildman–Crippen LogP) is 1.81. The molecule has 0 aliphatic rings. The molecule has 1 aromatic carbocycles. The topological polar surface area (TPSA) is 52.3 Å². The SMILES string of the molecule is COc1ccc(CS(=O)C(C)C)cc1CN. The van der Waals surface area contributed by atoms with Crippen molar-refractivity contribution in [2.24, 2.45) is 5.73 Å². The smallest absolute Gasteiger partial charge is 0.123 e. The minimum absolute atomic E-state index is 0.184. The van der Waals surface area contributed by atoms with E-state index in [0.29, 0.717) is 12.3 Å². The summed E-state index contributed by atoms with van der Waals surface area (Å²) >= 11 is 0. The molecule has 0 heterocycles. The Bertz CT molecular complexity index is 377. The van der Waals surface area contributed by atoms with E-state index in [9.17, 15) is 4.21 Å². The molecule has 1 aromatic rings. The average Bonchev–Trinajstić information content (AvgIpc) is 2.28.